The second-order valence-corrected chi connectivity index (χ2v) is 6.96. The molecule has 6 heteroatoms. The van der Waals surface area contributed by atoms with Gasteiger partial charge in [-0.2, -0.15) is 0 Å². The number of thiazole rings is 1. The van der Waals surface area contributed by atoms with Gasteiger partial charge in [-0.3, -0.25) is 4.79 Å². The molecular formula is C14H17N3OS2. The summed E-state index contributed by atoms with van der Waals surface area (Å²) in [5, 5.41) is 6.31. The first-order valence-electron chi connectivity index (χ1n) is 6.72. The quantitative estimate of drug-likeness (QED) is 0.856. The minimum atomic E-state index is 0.134. The fourth-order valence-electron chi connectivity index (χ4n) is 2.40. The van der Waals surface area contributed by atoms with Crippen LogP contribution in [-0.2, 0) is 4.79 Å². The van der Waals surface area contributed by atoms with Crippen LogP contribution in [0.5, 0.6) is 0 Å². The van der Waals surface area contributed by atoms with Crippen LogP contribution in [0.3, 0.4) is 0 Å². The van der Waals surface area contributed by atoms with Crippen molar-refractivity contribution in [1.82, 2.24) is 10.3 Å². The number of aromatic nitrogens is 1. The smallest absolute Gasteiger partial charge is 0.227 e. The van der Waals surface area contributed by atoms with Crippen LogP contribution in [0.1, 0.15) is 12.8 Å². The Balaban J connectivity index is 1.74. The van der Waals surface area contributed by atoms with Gasteiger partial charge in [0.15, 0.2) is 4.34 Å². The molecule has 0 bridgehead atoms. The number of hydrogen-bond acceptors (Lipinski definition) is 5. The van der Waals surface area contributed by atoms with E-state index in [9.17, 15) is 4.79 Å². The highest BCUT2D eigenvalue weighted by molar-refractivity contribution is 8.00. The van der Waals surface area contributed by atoms with Crippen LogP contribution in [-0.4, -0.2) is 30.2 Å². The number of carbonyl (C=O) groups excluding carboxylic acids is 1. The number of nitrogens with one attached hydrogen (secondary N) is 2. The van der Waals surface area contributed by atoms with Crippen LogP contribution >= 0.6 is 23.1 Å². The van der Waals surface area contributed by atoms with Crippen LogP contribution in [0, 0.1) is 5.92 Å². The number of rotatable bonds is 3. The van der Waals surface area contributed by atoms with Crippen molar-refractivity contribution in [3.05, 3.63) is 18.2 Å². The van der Waals surface area contributed by atoms with E-state index in [0.29, 0.717) is 0 Å². The Labute approximate surface area is 126 Å². The first kappa shape index (κ1) is 13.9. The molecule has 1 aromatic heterocycles. The standard InChI is InChI=1S/C14H17N3OS2/c1-19-14-17-11-3-2-10(8-12(11)20-14)16-13(18)9-4-6-15-7-5-9/h2-3,8-9,15H,4-7H2,1H3,(H,16,18). The van der Waals surface area contributed by atoms with E-state index < -0.39 is 0 Å². The third-order valence-electron chi connectivity index (χ3n) is 3.52. The van der Waals surface area contributed by atoms with Crippen LogP contribution < -0.4 is 10.6 Å². The van der Waals surface area contributed by atoms with Gasteiger partial charge in [0.05, 0.1) is 10.2 Å². The van der Waals surface area contributed by atoms with Gasteiger partial charge < -0.3 is 10.6 Å². The molecule has 1 fully saturated rings. The van der Waals surface area contributed by atoms with Gasteiger partial charge in [0.25, 0.3) is 0 Å². The van der Waals surface area contributed by atoms with Crippen molar-refractivity contribution in [3.8, 4) is 0 Å². The number of fused-ring (bicyclic) bond motifs is 1. The topological polar surface area (TPSA) is 54.0 Å². The number of carbonyl (C=O) groups is 1. The summed E-state index contributed by atoms with van der Waals surface area (Å²) in [5.41, 5.74) is 1.87. The highest BCUT2D eigenvalue weighted by atomic mass is 32.2. The molecule has 2 N–H and O–H groups in total. The highest BCUT2D eigenvalue weighted by Crippen LogP contribution is 2.30. The molecule has 2 aromatic rings. The largest absolute Gasteiger partial charge is 0.326 e. The Morgan fingerprint density at radius 1 is 1.45 bits per heavy atom. The maximum absolute atomic E-state index is 12.2. The zero-order valence-electron chi connectivity index (χ0n) is 11.3. The molecule has 1 aromatic carbocycles. The first-order valence-corrected chi connectivity index (χ1v) is 8.76. The molecular weight excluding hydrogens is 290 g/mol. The molecule has 0 spiro atoms. The molecule has 1 amide bonds. The Bertz CT molecular complexity index is 620. The van der Waals surface area contributed by atoms with Crippen molar-refractivity contribution in [3.63, 3.8) is 0 Å². The predicted molar refractivity (Wildman–Crippen MR) is 85.6 cm³/mol. The molecule has 0 aliphatic carbocycles. The minimum absolute atomic E-state index is 0.134. The van der Waals surface area contributed by atoms with Crippen LogP contribution in [0.15, 0.2) is 22.5 Å². The van der Waals surface area contributed by atoms with Crippen LogP contribution in [0.2, 0.25) is 0 Å². The van der Waals surface area contributed by atoms with Gasteiger partial charge in [-0.05, 0) is 50.4 Å². The normalized spacial score (nSPS) is 16.4. The van der Waals surface area contributed by atoms with Gasteiger partial charge in [-0.15, -0.1) is 11.3 Å². The summed E-state index contributed by atoms with van der Waals surface area (Å²) in [7, 11) is 0. The molecule has 106 valence electrons. The van der Waals surface area contributed by atoms with Crippen LogP contribution in [0.4, 0.5) is 5.69 Å². The molecule has 1 aliphatic rings. The average molecular weight is 307 g/mol. The van der Waals surface area contributed by atoms with Crippen molar-refractivity contribution in [2.75, 3.05) is 24.7 Å². The predicted octanol–water partition coefficient (Wildman–Crippen LogP) is 2.96. The number of amides is 1. The van der Waals surface area contributed by atoms with Gasteiger partial charge >= 0.3 is 0 Å². The van der Waals surface area contributed by atoms with Gasteiger partial charge in [-0.25, -0.2) is 4.98 Å². The van der Waals surface area contributed by atoms with Crippen molar-refractivity contribution < 1.29 is 4.79 Å². The van der Waals surface area contributed by atoms with Crippen molar-refractivity contribution in [1.29, 1.82) is 0 Å². The second kappa shape index (κ2) is 6.11. The zero-order valence-corrected chi connectivity index (χ0v) is 12.9. The zero-order chi connectivity index (χ0) is 13.9. The molecule has 0 radical (unpaired) electrons. The Morgan fingerprint density at radius 3 is 3.00 bits per heavy atom. The SMILES string of the molecule is CSc1nc2ccc(NC(=O)C3CCNCC3)cc2s1. The third kappa shape index (κ3) is 2.97. The number of nitrogens with zero attached hydrogens (tertiary/aromatic N) is 1. The van der Waals surface area contributed by atoms with Gasteiger partial charge in [0, 0.05) is 11.6 Å². The average Bonchev–Trinajstić information content (AvgIpc) is 2.90. The first-order chi connectivity index (χ1) is 9.76. The lowest BCUT2D eigenvalue weighted by molar-refractivity contribution is -0.120. The summed E-state index contributed by atoms with van der Waals surface area (Å²) >= 11 is 3.31. The number of thioether (sulfide) groups is 1. The molecule has 3 rings (SSSR count). The molecule has 2 heterocycles. The van der Waals surface area contributed by atoms with Gasteiger partial charge in [0.1, 0.15) is 0 Å². The fourth-order valence-corrected chi connectivity index (χ4v) is 3.93. The number of piperidine rings is 1. The summed E-state index contributed by atoms with van der Waals surface area (Å²) in [5.74, 6) is 0.274. The number of hydrogen-bond donors (Lipinski definition) is 2. The summed E-state index contributed by atoms with van der Waals surface area (Å²) in [6.07, 6.45) is 3.87. The maximum Gasteiger partial charge on any atom is 0.227 e. The summed E-state index contributed by atoms with van der Waals surface area (Å²) in [6, 6.07) is 5.93. The third-order valence-corrected chi connectivity index (χ3v) is 5.52. The Morgan fingerprint density at radius 2 is 2.25 bits per heavy atom. The molecule has 0 saturated carbocycles. The molecule has 0 unspecified atom stereocenters. The molecule has 0 atom stereocenters. The molecule has 4 nitrogen and oxygen atoms in total. The van der Waals surface area contributed by atoms with E-state index in [0.717, 1.165) is 46.2 Å². The van der Waals surface area contributed by atoms with Crippen molar-refractivity contribution in [2.45, 2.75) is 17.2 Å². The second-order valence-electron chi connectivity index (χ2n) is 4.88. The van der Waals surface area contributed by atoms with Crippen molar-refractivity contribution >= 4 is 44.9 Å². The van der Waals surface area contributed by atoms with Gasteiger partial charge in [-0.1, -0.05) is 11.8 Å². The molecule has 1 saturated heterocycles. The fraction of sp³-hybridized carbons (Fsp3) is 0.429. The number of benzene rings is 1. The van der Waals surface area contributed by atoms with Crippen molar-refractivity contribution in [2.24, 2.45) is 5.92 Å². The van der Waals surface area contributed by atoms with Gasteiger partial charge in [0.2, 0.25) is 5.91 Å². The van der Waals surface area contributed by atoms with Crippen LogP contribution in [0.25, 0.3) is 10.2 Å². The Hall–Kier alpha value is -1.11. The molecule has 20 heavy (non-hydrogen) atoms. The maximum atomic E-state index is 12.2. The molecule has 1 aliphatic heterocycles. The number of anilines is 1. The van der Waals surface area contributed by atoms with E-state index in [1.807, 2.05) is 24.5 Å². The lowest BCUT2D eigenvalue weighted by Crippen LogP contribution is -2.34. The van der Waals surface area contributed by atoms with E-state index in [2.05, 4.69) is 15.6 Å². The summed E-state index contributed by atoms with van der Waals surface area (Å²) < 4.78 is 2.18. The van der Waals surface area contributed by atoms with E-state index >= 15 is 0 Å². The van der Waals surface area contributed by atoms with E-state index in [4.69, 9.17) is 0 Å². The van der Waals surface area contributed by atoms with E-state index in [1.165, 1.54) is 0 Å². The highest BCUT2D eigenvalue weighted by Gasteiger charge is 2.20. The minimum Gasteiger partial charge on any atom is -0.326 e. The van der Waals surface area contributed by atoms with E-state index in [-0.39, 0.29) is 11.8 Å². The lowest BCUT2D eigenvalue weighted by Gasteiger charge is -2.21. The van der Waals surface area contributed by atoms with E-state index in [1.54, 1.807) is 23.1 Å². The monoisotopic (exact) mass is 307 g/mol. The Kier molecular flexibility index (Phi) is 4.24. The summed E-state index contributed by atoms with van der Waals surface area (Å²) in [4.78, 5) is 16.7. The summed E-state index contributed by atoms with van der Waals surface area (Å²) in [6.45, 7) is 1.87. The lowest BCUT2D eigenvalue weighted by atomic mass is 9.97.